The van der Waals surface area contributed by atoms with Gasteiger partial charge in [0.2, 0.25) is 11.2 Å². The zero-order valence-electron chi connectivity index (χ0n) is 19.4. The van der Waals surface area contributed by atoms with E-state index in [4.69, 9.17) is 10.5 Å². The van der Waals surface area contributed by atoms with E-state index in [0.29, 0.717) is 42.3 Å². The van der Waals surface area contributed by atoms with Crippen molar-refractivity contribution in [3.8, 4) is 5.75 Å². The van der Waals surface area contributed by atoms with Gasteiger partial charge in [-0.05, 0) is 44.9 Å². The minimum Gasteiger partial charge on any atom is -0.492 e. The molecule has 178 valence electrons. The molecular formula is C23H27N7O3S. The van der Waals surface area contributed by atoms with Gasteiger partial charge >= 0.3 is 0 Å². The van der Waals surface area contributed by atoms with Crippen LogP contribution in [0.4, 0.5) is 5.69 Å². The number of ether oxygens (including phenoxy) is 1. The quantitative estimate of drug-likeness (QED) is 0.588. The standard InChI is InChI=1S/C23H27N7O3S/c1-13-10-16(19-14(2)26-29(3)22(19)25-13)23(31)30-9-5-6-15(11-30)12-33-18-8-4-7-17-20(18)21(24)28-34(32)27-17/h4,7-8,10,15,27H,5-6,9,11-12H2,1-3H3,(H2,24,28). The van der Waals surface area contributed by atoms with Crippen molar-refractivity contribution in [1.82, 2.24) is 19.7 Å². The van der Waals surface area contributed by atoms with Crippen molar-refractivity contribution in [1.29, 1.82) is 0 Å². The first-order valence-corrected chi connectivity index (χ1v) is 12.3. The van der Waals surface area contributed by atoms with Gasteiger partial charge in [0, 0.05) is 31.7 Å². The molecule has 0 radical (unpaired) electrons. The first kappa shape index (κ1) is 22.3. The summed E-state index contributed by atoms with van der Waals surface area (Å²) in [6.07, 6.45) is 1.86. The highest BCUT2D eigenvalue weighted by molar-refractivity contribution is 7.85. The van der Waals surface area contributed by atoms with E-state index < -0.39 is 11.2 Å². The maximum absolute atomic E-state index is 13.6. The summed E-state index contributed by atoms with van der Waals surface area (Å²) < 4.78 is 26.3. The summed E-state index contributed by atoms with van der Waals surface area (Å²) in [5.74, 6) is 0.943. The van der Waals surface area contributed by atoms with Crippen LogP contribution in [-0.4, -0.2) is 55.3 Å². The zero-order valence-corrected chi connectivity index (χ0v) is 20.2. The van der Waals surface area contributed by atoms with Crippen molar-refractivity contribution in [3.63, 3.8) is 0 Å². The molecule has 0 bridgehead atoms. The van der Waals surface area contributed by atoms with Gasteiger partial charge in [0.15, 0.2) is 5.65 Å². The van der Waals surface area contributed by atoms with Gasteiger partial charge in [0.05, 0.1) is 34.5 Å². The van der Waals surface area contributed by atoms with E-state index in [1.807, 2.05) is 44.0 Å². The summed E-state index contributed by atoms with van der Waals surface area (Å²) in [7, 11) is 1.84. The van der Waals surface area contributed by atoms with Crippen LogP contribution < -0.4 is 15.2 Å². The van der Waals surface area contributed by atoms with Gasteiger partial charge < -0.3 is 15.4 Å². The maximum atomic E-state index is 13.6. The van der Waals surface area contributed by atoms with E-state index in [0.717, 1.165) is 35.3 Å². The fourth-order valence-corrected chi connectivity index (χ4v) is 5.43. The summed E-state index contributed by atoms with van der Waals surface area (Å²) >= 11 is -1.59. The van der Waals surface area contributed by atoms with E-state index in [1.54, 1.807) is 10.7 Å². The average Bonchev–Trinajstić information content (AvgIpc) is 3.09. The molecule has 3 N–H and O–H groups in total. The van der Waals surface area contributed by atoms with Crippen molar-refractivity contribution in [3.05, 3.63) is 46.8 Å². The Hall–Kier alpha value is -3.47. The minimum atomic E-state index is -1.59. The molecule has 0 saturated carbocycles. The number of pyridine rings is 1. The van der Waals surface area contributed by atoms with Gasteiger partial charge in [-0.25, -0.2) is 9.19 Å². The van der Waals surface area contributed by atoms with Gasteiger partial charge in [-0.1, -0.05) is 6.07 Å². The molecule has 1 fully saturated rings. The number of rotatable bonds is 4. The maximum Gasteiger partial charge on any atom is 0.254 e. The lowest BCUT2D eigenvalue weighted by Crippen LogP contribution is -2.41. The molecule has 11 heteroatoms. The van der Waals surface area contributed by atoms with Crippen molar-refractivity contribution >= 4 is 39.6 Å². The van der Waals surface area contributed by atoms with Crippen LogP contribution in [0.25, 0.3) is 11.0 Å². The first-order valence-electron chi connectivity index (χ1n) is 11.2. The summed E-state index contributed by atoms with van der Waals surface area (Å²) in [6, 6.07) is 7.29. The molecule has 1 saturated heterocycles. The molecule has 2 atom stereocenters. The molecule has 10 nitrogen and oxygen atoms in total. The number of hydrogen-bond acceptors (Lipinski definition) is 6. The predicted molar refractivity (Wildman–Crippen MR) is 131 cm³/mol. The third-order valence-electron chi connectivity index (χ3n) is 6.27. The highest BCUT2D eigenvalue weighted by Crippen LogP contribution is 2.31. The fraction of sp³-hybridized carbons (Fsp3) is 0.391. The molecule has 34 heavy (non-hydrogen) atoms. The first-order chi connectivity index (χ1) is 16.3. The van der Waals surface area contributed by atoms with Crippen molar-refractivity contribution in [2.75, 3.05) is 24.4 Å². The number of nitrogens with two attached hydrogens (primary N) is 1. The third-order valence-corrected chi connectivity index (χ3v) is 7.03. The number of anilines is 1. The third kappa shape index (κ3) is 4.00. The Kier molecular flexibility index (Phi) is 5.72. The van der Waals surface area contributed by atoms with Crippen LogP contribution in [-0.2, 0) is 18.2 Å². The zero-order chi connectivity index (χ0) is 24.0. The molecule has 4 heterocycles. The number of fused-ring (bicyclic) bond motifs is 2. The molecule has 2 aromatic heterocycles. The molecule has 0 aliphatic carbocycles. The van der Waals surface area contributed by atoms with Crippen LogP contribution in [0.1, 0.15) is 40.2 Å². The second-order valence-electron chi connectivity index (χ2n) is 8.80. The van der Waals surface area contributed by atoms with E-state index in [9.17, 15) is 9.00 Å². The number of hydrogen-bond donors (Lipinski definition) is 2. The highest BCUT2D eigenvalue weighted by atomic mass is 32.2. The summed E-state index contributed by atoms with van der Waals surface area (Å²) in [5, 5.41) is 5.27. The van der Waals surface area contributed by atoms with Crippen LogP contribution >= 0.6 is 0 Å². The number of amides is 1. The summed E-state index contributed by atoms with van der Waals surface area (Å²) in [4.78, 5) is 20.0. The second kappa shape index (κ2) is 8.71. The minimum absolute atomic E-state index is 0.00329. The Balaban J connectivity index is 1.33. The van der Waals surface area contributed by atoms with Gasteiger partial charge in [-0.3, -0.25) is 14.2 Å². The lowest BCUT2D eigenvalue weighted by atomic mass is 9.97. The van der Waals surface area contributed by atoms with Crippen molar-refractivity contribution in [2.45, 2.75) is 26.7 Å². The molecule has 2 aliphatic rings. The Morgan fingerprint density at radius 1 is 1.35 bits per heavy atom. The van der Waals surface area contributed by atoms with Crippen LogP contribution in [0.3, 0.4) is 0 Å². The van der Waals surface area contributed by atoms with E-state index in [1.165, 1.54) is 0 Å². The van der Waals surface area contributed by atoms with Gasteiger partial charge in [-0.2, -0.15) is 9.50 Å². The number of carbonyl (C=O) groups is 1. The number of likely N-dealkylation sites (tertiary alicyclic amines) is 1. The number of piperidine rings is 1. The number of aryl methyl sites for hydroxylation is 3. The van der Waals surface area contributed by atoms with Crippen molar-refractivity contribution in [2.24, 2.45) is 23.1 Å². The Labute approximate surface area is 199 Å². The largest absolute Gasteiger partial charge is 0.492 e. The number of nitrogens with zero attached hydrogens (tertiary/aromatic N) is 5. The van der Waals surface area contributed by atoms with E-state index >= 15 is 0 Å². The van der Waals surface area contributed by atoms with Gasteiger partial charge in [-0.15, -0.1) is 0 Å². The summed E-state index contributed by atoms with van der Waals surface area (Å²) in [6.45, 7) is 5.54. The van der Waals surface area contributed by atoms with Gasteiger partial charge in [0.1, 0.15) is 11.6 Å². The average molecular weight is 482 g/mol. The van der Waals surface area contributed by atoms with E-state index in [-0.39, 0.29) is 17.7 Å². The molecule has 1 amide bonds. The number of nitrogens with one attached hydrogen (secondary N) is 1. The Morgan fingerprint density at radius 2 is 2.18 bits per heavy atom. The van der Waals surface area contributed by atoms with E-state index in [2.05, 4.69) is 19.2 Å². The summed E-state index contributed by atoms with van der Waals surface area (Å²) in [5.41, 5.74) is 10.2. The van der Waals surface area contributed by atoms with Crippen molar-refractivity contribution < 1.29 is 13.7 Å². The smallest absolute Gasteiger partial charge is 0.254 e. The lowest BCUT2D eigenvalue weighted by Gasteiger charge is -2.33. The molecule has 2 unspecified atom stereocenters. The molecule has 3 aromatic rings. The Morgan fingerprint density at radius 3 is 3.00 bits per heavy atom. The highest BCUT2D eigenvalue weighted by Gasteiger charge is 2.28. The lowest BCUT2D eigenvalue weighted by molar-refractivity contribution is 0.0635. The topological polar surface area (TPSA) is 128 Å². The second-order valence-corrected chi connectivity index (χ2v) is 9.68. The number of carbonyl (C=O) groups excluding carboxylic acids is 1. The molecule has 5 rings (SSSR count). The van der Waals surface area contributed by atoms with Crippen LogP contribution in [0.15, 0.2) is 28.7 Å². The fourth-order valence-electron chi connectivity index (χ4n) is 4.75. The van der Waals surface area contributed by atoms with Crippen LogP contribution in [0, 0.1) is 19.8 Å². The SMILES string of the molecule is Cc1cc(C(=O)N2CCCC(COc3cccc4c3C(N)=NS(=O)N4)C2)c2c(C)nn(C)c2n1. The predicted octanol–water partition coefficient (Wildman–Crippen LogP) is 2.23. The number of benzene rings is 1. The molecule has 2 aliphatic heterocycles. The monoisotopic (exact) mass is 481 g/mol. The van der Waals surface area contributed by atoms with Gasteiger partial charge in [0.25, 0.3) is 5.91 Å². The molecule has 1 aromatic carbocycles. The molecule has 0 spiro atoms. The van der Waals surface area contributed by atoms with Crippen LogP contribution in [0.5, 0.6) is 5.75 Å². The number of amidine groups is 1. The Bertz CT molecular complexity index is 1350. The molecular weight excluding hydrogens is 454 g/mol. The van der Waals surface area contributed by atoms with Crippen LogP contribution in [0.2, 0.25) is 0 Å². The normalized spacial score (nSPS) is 20.0. The number of aromatic nitrogens is 3.